The number of hydrogen-bond donors (Lipinski definition) is 0. The average molecular weight is 224 g/mol. The summed E-state index contributed by atoms with van der Waals surface area (Å²) in [5, 5.41) is 0. The maximum Gasteiger partial charge on any atom is 0.116 e. The van der Waals surface area contributed by atoms with Gasteiger partial charge in [-0.25, -0.2) is 0 Å². The molecule has 10 heavy (non-hydrogen) atoms. The second kappa shape index (κ2) is 2.79. The fraction of sp³-hybridized carbons (Fsp3) is 0.400. The summed E-state index contributed by atoms with van der Waals surface area (Å²) in [6, 6.07) is 0. The van der Waals surface area contributed by atoms with Crippen LogP contribution >= 0.6 is 56.4 Å². The quantitative estimate of drug-likeness (QED) is 0.481. The van der Waals surface area contributed by atoms with Crippen LogP contribution in [0.3, 0.4) is 0 Å². The van der Waals surface area contributed by atoms with Gasteiger partial charge in [-0.1, -0.05) is 44.7 Å². The van der Waals surface area contributed by atoms with Gasteiger partial charge in [0.15, 0.2) is 0 Å². The Hall–Kier alpha value is 0.970. The molecule has 0 fully saturated rings. The number of fused-ring (bicyclic) bond motifs is 1. The highest BCUT2D eigenvalue weighted by molar-refractivity contribution is 8.21. The number of thioether (sulfide) groups is 2. The average Bonchev–Trinajstić information content (AvgIpc) is 2.35. The Labute approximate surface area is 80.4 Å². The molecule has 0 bridgehead atoms. The lowest BCUT2D eigenvalue weighted by Gasteiger charge is -1.93. The van der Waals surface area contributed by atoms with Crippen LogP contribution in [-0.4, -0.2) is 4.58 Å². The number of hydrogen-bond acceptors (Lipinski definition) is 5. The van der Waals surface area contributed by atoms with Gasteiger partial charge in [0, 0.05) is 0 Å². The van der Waals surface area contributed by atoms with E-state index in [2.05, 4.69) is 6.92 Å². The summed E-state index contributed by atoms with van der Waals surface area (Å²) in [5.74, 6) is 0. The van der Waals surface area contributed by atoms with E-state index in [0.717, 1.165) is 3.82 Å². The fourth-order valence-electron chi connectivity index (χ4n) is 0.745. The van der Waals surface area contributed by atoms with Crippen LogP contribution in [0, 0.1) is 3.82 Å². The third kappa shape index (κ3) is 1.18. The SMILES string of the molecule is CC1Sc2ssc(=S)c2S1. The van der Waals surface area contributed by atoms with Crippen molar-refractivity contribution < 1.29 is 0 Å². The predicted octanol–water partition coefficient (Wildman–Crippen LogP) is 4.08. The monoisotopic (exact) mass is 224 g/mol. The Kier molecular flexibility index (Phi) is 2.12. The van der Waals surface area contributed by atoms with Gasteiger partial charge in [-0.05, 0) is 6.92 Å². The van der Waals surface area contributed by atoms with Crippen molar-refractivity contribution in [3.8, 4) is 0 Å². The van der Waals surface area contributed by atoms with Crippen molar-refractivity contribution >= 4 is 56.4 Å². The van der Waals surface area contributed by atoms with Crippen LogP contribution < -0.4 is 0 Å². The standard InChI is InChI=1S/C5H4S5/c1-2-7-3-4(6)9-10-5(3)8-2/h2H,1H3. The molecule has 2 rings (SSSR count). The molecule has 54 valence electrons. The van der Waals surface area contributed by atoms with Crippen molar-refractivity contribution in [2.45, 2.75) is 20.6 Å². The largest absolute Gasteiger partial charge is 0.116 e. The number of rotatable bonds is 0. The summed E-state index contributed by atoms with van der Waals surface area (Å²) >= 11 is 9.00. The van der Waals surface area contributed by atoms with E-state index in [1.54, 1.807) is 10.3 Å². The molecule has 2 heterocycles. The van der Waals surface area contributed by atoms with E-state index in [1.807, 2.05) is 33.9 Å². The molecule has 1 atom stereocenters. The van der Waals surface area contributed by atoms with E-state index < -0.39 is 0 Å². The minimum atomic E-state index is 0.677. The van der Waals surface area contributed by atoms with E-state index in [-0.39, 0.29) is 0 Å². The first-order chi connectivity index (χ1) is 4.77. The van der Waals surface area contributed by atoms with Crippen LogP contribution in [0.5, 0.6) is 0 Å². The molecule has 0 aromatic carbocycles. The first-order valence-electron chi connectivity index (χ1n) is 2.74. The van der Waals surface area contributed by atoms with Crippen molar-refractivity contribution in [2.24, 2.45) is 0 Å². The third-order valence-electron chi connectivity index (χ3n) is 1.12. The molecule has 0 amide bonds. The van der Waals surface area contributed by atoms with Gasteiger partial charge < -0.3 is 0 Å². The van der Waals surface area contributed by atoms with Crippen LogP contribution in [0.4, 0.5) is 0 Å². The topological polar surface area (TPSA) is 0 Å². The molecule has 0 aliphatic carbocycles. The zero-order valence-electron chi connectivity index (χ0n) is 5.12. The van der Waals surface area contributed by atoms with Crippen molar-refractivity contribution in [1.29, 1.82) is 0 Å². The van der Waals surface area contributed by atoms with E-state index in [9.17, 15) is 0 Å². The molecular weight excluding hydrogens is 220 g/mol. The zero-order chi connectivity index (χ0) is 7.14. The van der Waals surface area contributed by atoms with Gasteiger partial charge in [-0.15, -0.1) is 11.8 Å². The molecule has 0 saturated carbocycles. The van der Waals surface area contributed by atoms with Crippen molar-refractivity contribution in [3.05, 3.63) is 3.82 Å². The molecular formula is C5H4S5. The fourth-order valence-corrected chi connectivity index (χ4v) is 7.40. The lowest BCUT2D eigenvalue weighted by atomic mass is 10.8. The molecule has 1 aromatic rings. The van der Waals surface area contributed by atoms with Crippen LogP contribution in [0.25, 0.3) is 0 Å². The Morgan fingerprint density at radius 3 is 2.80 bits per heavy atom. The molecule has 1 aromatic heterocycles. The molecule has 1 aliphatic rings. The Balaban J connectivity index is 2.53. The third-order valence-corrected chi connectivity index (χ3v) is 7.61. The summed E-state index contributed by atoms with van der Waals surface area (Å²) < 4.78 is 3.20. The van der Waals surface area contributed by atoms with Crippen LogP contribution in [0.2, 0.25) is 0 Å². The molecule has 0 spiro atoms. The highest BCUT2D eigenvalue weighted by Gasteiger charge is 2.22. The molecule has 0 radical (unpaired) electrons. The second-order valence-electron chi connectivity index (χ2n) is 1.87. The molecule has 1 aliphatic heterocycles. The van der Waals surface area contributed by atoms with Gasteiger partial charge in [0.05, 0.1) is 13.7 Å². The smallest absolute Gasteiger partial charge is 0.107 e. The maximum absolute atomic E-state index is 5.16. The summed E-state index contributed by atoms with van der Waals surface area (Å²) in [6.45, 7) is 2.22. The van der Waals surface area contributed by atoms with E-state index >= 15 is 0 Å². The van der Waals surface area contributed by atoms with Gasteiger partial charge in [0.1, 0.15) is 3.82 Å². The van der Waals surface area contributed by atoms with E-state index in [4.69, 9.17) is 12.2 Å². The molecule has 0 saturated heterocycles. The van der Waals surface area contributed by atoms with Crippen LogP contribution in [0.15, 0.2) is 9.10 Å². The minimum absolute atomic E-state index is 0.677. The molecule has 0 nitrogen and oxygen atoms in total. The predicted molar refractivity (Wildman–Crippen MR) is 54.2 cm³/mol. The minimum Gasteiger partial charge on any atom is -0.107 e. The molecule has 5 heteroatoms. The first kappa shape index (κ1) is 7.61. The Morgan fingerprint density at radius 2 is 2.10 bits per heavy atom. The van der Waals surface area contributed by atoms with Crippen molar-refractivity contribution in [2.75, 3.05) is 0 Å². The van der Waals surface area contributed by atoms with Crippen LogP contribution in [0.1, 0.15) is 6.92 Å². The highest BCUT2D eigenvalue weighted by atomic mass is 32.9. The van der Waals surface area contributed by atoms with E-state index in [1.165, 1.54) is 9.10 Å². The summed E-state index contributed by atoms with van der Waals surface area (Å²) in [6.07, 6.45) is 0. The zero-order valence-corrected chi connectivity index (χ0v) is 9.20. The van der Waals surface area contributed by atoms with Crippen LogP contribution in [-0.2, 0) is 0 Å². The Bertz CT molecular complexity index is 295. The molecule has 1 unspecified atom stereocenters. The summed E-state index contributed by atoms with van der Waals surface area (Å²) in [4.78, 5) is 1.36. The Morgan fingerprint density at radius 1 is 1.30 bits per heavy atom. The second-order valence-corrected chi connectivity index (χ2v) is 7.95. The molecule has 0 N–H and O–H groups in total. The normalized spacial score (nSPS) is 23.1. The highest BCUT2D eigenvalue weighted by Crippen LogP contribution is 2.52. The van der Waals surface area contributed by atoms with Gasteiger partial charge in [0.2, 0.25) is 0 Å². The van der Waals surface area contributed by atoms with Crippen molar-refractivity contribution in [3.63, 3.8) is 0 Å². The van der Waals surface area contributed by atoms with Gasteiger partial charge in [-0.2, -0.15) is 0 Å². The van der Waals surface area contributed by atoms with E-state index in [0.29, 0.717) is 4.58 Å². The van der Waals surface area contributed by atoms with Crippen molar-refractivity contribution in [1.82, 2.24) is 0 Å². The summed E-state index contributed by atoms with van der Waals surface area (Å²) in [7, 11) is 3.55. The maximum atomic E-state index is 5.16. The summed E-state index contributed by atoms with van der Waals surface area (Å²) in [5.41, 5.74) is 0. The van der Waals surface area contributed by atoms with Gasteiger partial charge in [-0.3, -0.25) is 0 Å². The lowest BCUT2D eigenvalue weighted by Crippen LogP contribution is -1.75. The first-order valence-corrected chi connectivity index (χ1v) is 7.05. The lowest BCUT2D eigenvalue weighted by molar-refractivity contribution is 1.41. The van der Waals surface area contributed by atoms with Gasteiger partial charge in [0.25, 0.3) is 0 Å². The van der Waals surface area contributed by atoms with Gasteiger partial charge >= 0.3 is 0 Å².